The molecule has 0 spiro atoms. The van der Waals surface area contributed by atoms with Crippen LogP contribution in [-0.4, -0.2) is 38.3 Å². The Kier molecular flexibility index (Phi) is 8.22. The van der Waals surface area contributed by atoms with E-state index in [2.05, 4.69) is 27.4 Å². The summed E-state index contributed by atoms with van der Waals surface area (Å²) in [5, 5.41) is 15.1. The fourth-order valence-electron chi connectivity index (χ4n) is 7.69. The number of hydrogen-bond donors (Lipinski definition) is 2. The van der Waals surface area contributed by atoms with Crippen LogP contribution < -0.4 is 5.32 Å². The maximum Gasteiger partial charge on any atom is 0.226 e. The van der Waals surface area contributed by atoms with Gasteiger partial charge in [-0.2, -0.15) is 5.26 Å². The zero-order valence-corrected chi connectivity index (χ0v) is 28.0. The van der Waals surface area contributed by atoms with Gasteiger partial charge >= 0.3 is 0 Å². The van der Waals surface area contributed by atoms with Crippen molar-refractivity contribution in [2.75, 3.05) is 11.9 Å². The quantitative estimate of drug-likeness (QED) is 0.170. The van der Waals surface area contributed by atoms with Gasteiger partial charge in [-0.3, -0.25) is 9.78 Å². The topological polar surface area (TPSA) is 97.7 Å². The molecule has 2 aliphatic carbocycles. The molecular formula is C38H35Cl2FN6O. The Morgan fingerprint density at radius 3 is 2.69 bits per heavy atom. The number of nitriles is 1. The fourth-order valence-corrected chi connectivity index (χ4v) is 8.08. The second-order valence-corrected chi connectivity index (χ2v) is 14.2. The van der Waals surface area contributed by atoms with Gasteiger partial charge in [0.15, 0.2) is 5.82 Å². The lowest BCUT2D eigenvalue weighted by Gasteiger charge is -2.24. The summed E-state index contributed by atoms with van der Waals surface area (Å²) < 4.78 is 17.2. The number of H-pyrrole nitrogens is 1. The van der Waals surface area contributed by atoms with E-state index in [0.29, 0.717) is 45.3 Å². The van der Waals surface area contributed by atoms with E-state index in [4.69, 9.17) is 28.2 Å². The number of aryl methyl sites for hydroxylation is 1. The highest BCUT2D eigenvalue weighted by Gasteiger charge is 2.39. The first kappa shape index (κ1) is 31.1. The number of hydrogen-bond acceptors (Lipinski definition) is 5. The zero-order chi connectivity index (χ0) is 32.9. The summed E-state index contributed by atoms with van der Waals surface area (Å²) in [5.41, 5.74) is 5.51. The van der Waals surface area contributed by atoms with Crippen LogP contribution in [0.5, 0.6) is 0 Å². The van der Waals surface area contributed by atoms with E-state index in [9.17, 15) is 10.1 Å². The molecule has 5 aromatic rings. The van der Waals surface area contributed by atoms with Gasteiger partial charge in [0.05, 0.1) is 39.1 Å². The number of fused-ring (bicyclic) bond motifs is 3. The molecule has 3 aliphatic rings. The minimum atomic E-state index is -0.525. The van der Waals surface area contributed by atoms with E-state index in [1.165, 1.54) is 12.8 Å². The normalized spacial score (nSPS) is 18.2. The number of carbonyl (C=O) groups is 1. The van der Waals surface area contributed by atoms with Crippen molar-refractivity contribution in [1.82, 2.24) is 19.9 Å². The molecule has 1 amide bonds. The Hall–Kier alpha value is -4.19. The smallest absolute Gasteiger partial charge is 0.226 e. The maximum atomic E-state index is 17.2. The Morgan fingerprint density at radius 2 is 1.90 bits per heavy atom. The van der Waals surface area contributed by atoms with Gasteiger partial charge in [0, 0.05) is 70.5 Å². The molecule has 8 rings (SSSR count). The molecule has 1 unspecified atom stereocenters. The molecule has 4 heterocycles. The largest absolute Gasteiger partial charge is 0.381 e. The molecular weight excluding hydrogens is 646 g/mol. The number of benzene rings is 2. The third-order valence-corrected chi connectivity index (χ3v) is 11.0. The van der Waals surface area contributed by atoms with Crippen LogP contribution in [0.1, 0.15) is 75.1 Å². The Labute approximate surface area is 288 Å². The third-order valence-electron chi connectivity index (χ3n) is 10.2. The average molecular weight is 682 g/mol. The summed E-state index contributed by atoms with van der Waals surface area (Å²) >= 11 is 13.1. The summed E-state index contributed by atoms with van der Waals surface area (Å²) in [6, 6.07) is 13.7. The standard InChI is InChI=1S/C38H35Cl2FN6O/c39-29-10-3-9-26(33(29)40)32-22(6-4-14-42)17-27-36-28(18-30(45-36)31-11-5-15-47(31)38(48)21-12-13-21)35(46-37(27)34(32)41)23-16-25(20-43-19-23)44-24-7-1-2-8-24/h3,9-10,16-21,24,31,44-45H,1-2,4-8,11-13,15H2. The first-order chi connectivity index (χ1) is 23.4. The van der Waals surface area contributed by atoms with E-state index in [0.717, 1.165) is 72.9 Å². The Bertz CT molecular complexity index is 2110. The number of pyridine rings is 2. The third kappa shape index (κ3) is 5.57. The number of anilines is 1. The van der Waals surface area contributed by atoms with Gasteiger partial charge < -0.3 is 15.2 Å². The van der Waals surface area contributed by atoms with E-state index in [-0.39, 0.29) is 34.8 Å². The molecule has 10 heteroatoms. The minimum Gasteiger partial charge on any atom is -0.381 e. The van der Waals surface area contributed by atoms with Gasteiger partial charge in [0.1, 0.15) is 5.52 Å². The predicted octanol–water partition coefficient (Wildman–Crippen LogP) is 9.78. The van der Waals surface area contributed by atoms with Gasteiger partial charge in [-0.25, -0.2) is 9.37 Å². The van der Waals surface area contributed by atoms with Crippen LogP contribution in [0.15, 0.2) is 48.8 Å². The lowest BCUT2D eigenvalue weighted by molar-refractivity contribution is -0.133. The Balaban J connectivity index is 1.36. The summed E-state index contributed by atoms with van der Waals surface area (Å²) in [6.45, 7) is 0.733. The van der Waals surface area contributed by atoms with Crippen LogP contribution in [0.25, 0.3) is 44.2 Å². The van der Waals surface area contributed by atoms with Crippen molar-refractivity contribution >= 4 is 56.6 Å². The van der Waals surface area contributed by atoms with Crippen molar-refractivity contribution in [3.63, 3.8) is 0 Å². The molecule has 3 fully saturated rings. The maximum absolute atomic E-state index is 17.2. The van der Waals surface area contributed by atoms with Crippen molar-refractivity contribution < 1.29 is 9.18 Å². The monoisotopic (exact) mass is 680 g/mol. The molecule has 244 valence electrons. The van der Waals surface area contributed by atoms with Crippen molar-refractivity contribution in [2.45, 2.75) is 76.3 Å². The van der Waals surface area contributed by atoms with Crippen LogP contribution in [-0.2, 0) is 11.2 Å². The number of amides is 1. The molecule has 2 saturated carbocycles. The number of carbonyl (C=O) groups excluding carboxylic acids is 1. The highest BCUT2D eigenvalue weighted by Crippen LogP contribution is 2.44. The molecule has 48 heavy (non-hydrogen) atoms. The second-order valence-electron chi connectivity index (χ2n) is 13.4. The van der Waals surface area contributed by atoms with Gasteiger partial charge in [0.25, 0.3) is 0 Å². The summed E-state index contributed by atoms with van der Waals surface area (Å²) in [5.74, 6) is -0.173. The molecule has 1 saturated heterocycles. The van der Waals surface area contributed by atoms with Gasteiger partial charge in [-0.05, 0) is 74.8 Å². The van der Waals surface area contributed by atoms with E-state index < -0.39 is 5.82 Å². The lowest BCUT2D eigenvalue weighted by atomic mass is 9.93. The highest BCUT2D eigenvalue weighted by molar-refractivity contribution is 6.43. The second kappa shape index (κ2) is 12.7. The molecule has 2 aromatic carbocycles. The average Bonchev–Trinajstić information content (AvgIpc) is 3.42. The SMILES string of the molecule is N#CCCc1cc2c(nc(-c3cncc(NC4CCCC4)c3)c3cc(C4CCCN4C(=O)C4CC4)[nH]c32)c(F)c1-c1cccc(Cl)c1Cl. The van der Waals surface area contributed by atoms with Crippen LogP contribution in [0.2, 0.25) is 10.0 Å². The van der Waals surface area contributed by atoms with Crippen molar-refractivity contribution in [3.05, 3.63) is 75.9 Å². The molecule has 1 aliphatic heterocycles. The number of aromatic amines is 1. The molecule has 2 N–H and O–H groups in total. The Morgan fingerprint density at radius 1 is 1.06 bits per heavy atom. The molecule has 1 atom stereocenters. The van der Waals surface area contributed by atoms with Crippen LogP contribution >= 0.6 is 23.2 Å². The zero-order valence-electron chi connectivity index (χ0n) is 26.5. The first-order valence-corrected chi connectivity index (χ1v) is 17.7. The predicted molar refractivity (Wildman–Crippen MR) is 188 cm³/mol. The fraction of sp³-hybridized carbons (Fsp3) is 0.368. The van der Waals surface area contributed by atoms with E-state index in [1.807, 2.05) is 23.2 Å². The van der Waals surface area contributed by atoms with E-state index >= 15 is 4.39 Å². The first-order valence-electron chi connectivity index (χ1n) is 16.9. The highest BCUT2D eigenvalue weighted by atomic mass is 35.5. The van der Waals surface area contributed by atoms with Crippen LogP contribution in [0, 0.1) is 23.1 Å². The molecule has 0 bridgehead atoms. The number of nitrogens with zero attached hydrogens (tertiary/aromatic N) is 4. The molecule has 7 nitrogen and oxygen atoms in total. The molecule has 3 aromatic heterocycles. The van der Waals surface area contributed by atoms with Crippen LogP contribution in [0.4, 0.5) is 10.1 Å². The summed E-state index contributed by atoms with van der Waals surface area (Å²) in [7, 11) is 0. The van der Waals surface area contributed by atoms with E-state index in [1.54, 1.807) is 24.4 Å². The summed E-state index contributed by atoms with van der Waals surface area (Å²) in [6.07, 6.45) is 12.5. The van der Waals surface area contributed by atoms with Crippen LogP contribution in [0.3, 0.4) is 0 Å². The number of aromatic nitrogens is 3. The number of likely N-dealkylation sites (tertiary alicyclic amines) is 1. The number of halogens is 3. The van der Waals surface area contributed by atoms with Gasteiger partial charge in [0.2, 0.25) is 5.91 Å². The van der Waals surface area contributed by atoms with Crippen molar-refractivity contribution in [2.24, 2.45) is 5.92 Å². The lowest BCUT2D eigenvalue weighted by Crippen LogP contribution is -2.31. The minimum absolute atomic E-state index is 0.0886. The molecule has 0 radical (unpaired) electrons. The van der Waals surface area contributed by atoms with Crippen molar-refractivity contribution in [1.29, 1.82) is 5.26 Å². The van der Waals surface area contributed by atoms with Crippen molar-refractivity contribution in [3.8, 4) is 28.5 Å². The summed E-state index contributed by atoms with van der Waals surface area (Å²) in [4.78, 5) is 28.6. The number of rotatable bonds is 8. The number of nitrogens with one attached hydrogen (secondary N) is 2. The van der Waals surface area contributed by atoms with Gasteiger partial charge in [-0.15, -0.1) is 0 Å². The van der Waals surface area contributed by atoms with Gasteiger partial charge in [-0.1, -0.05) is 48.2 Å².